The number of anilines is 1. The van der Waals surface area contributed by atoms with E-state index in [0.717, 1.165) is 35.8 Å². The predicted molar refractivity (Wildman–Crippen MR) is 123 cm³/mol. The number of hydrogen-bond acceptors (Lipinski definition) is 7. The van der Waals surface area contributed by atoms with E-state index in [9.17, 15) is 54.2 Å². The molecule has 0 radical (unpaired) electrons. The average Bonchev–Trinajstić information content (AvgIpc) is 2.86. The number of methoxy groups -OCH3 is 1. The van der Waals surface area contributed by atoms with Crippen molar-refractivity contribution in [3.63, 3.8) is 0 Å². The number of halogens is 9. The molecule has 0 aromatic heterocycles. The molecule has 17 heteroatoms. The monoisotopic (exact) mass is 606 g/mol. The Balaban J connectivity index is 2.71. The zero-order valence-corrected chi connectivity index (χ0v) is 21.3. The molecule has 2 aromatic carbocycles. The lowest BCUT2D eigenvalue weighted by Gasteiger charge is -2.39. The van der Waals surface area contributed by atoms with Gasteiger partial charge in [-0.3, -0.25) is 4.79 Å². The fourth-order valence-electron chi connectivity index (χ4n) is 3.50. The second-order valence-electron chi connectivity index (χ2n) is 8.10. The molecule has 3 N–H and O–H groups in total. The lowest BCUT2D eigenvalue weighted by Crippen LogP contribution is -2.72. The summed E-state index contributed by atoms with van der Waals surface area (Å²) in [4.78, 5) is 24.8. The van der Waals surface area contributed by atoms with Crippen LogP contribution in [0.4, 0.5) is 45.2 Å². The first-order chi connectivity index (χ1) is 18.8. The molecule has 0 aliphatic heterocycles. The molecule has 1 unspecified atom stereocenters. The number of aliphatic hydroxyl groups is 1. The van der Waals surface area contributed by atoms with Crippen molar-refractivity contribution in [2.75, 3.05) is 25.6 Å². The minimum absolute atomic E-state index is 0.0914. The van der Waals surface area contributed by atoms with Crippen LogP contribution in [-0.4, -0.2) is 61.5 Å². The van der Waals surface area contributed by atoms with E-state index in [-0.39, 0.29) is 30.6 Å². The van der Waals surface area contributed by atoms with Crippen LogP contribution in [0.25, 0.3) is 0 Å². The molecule has 0 saturated heterocycles. The van der Waals surface area contributed by atoms with Gasteiger partial charge in [-0.2, -0.15) is 39.5 Å². The second-order valence-corrected chi connectivity index (χ2v) is 8.10. The molecule has 0 aliphatic rings. The molecule has 1 amide bonds. The molecule has 1 atom stereocenters. The highest BCUT2D eigenvalue weighted by molar-refractivity contribution is 5.97. The van der Waals surface area contributed by atoms with Gasteiger partial charge in [0.25, 0.3) is 11.5 Å². The van der Waals surface area contributed by atoms with Crippen LogP contribution in [0.1, 0.15) is 29.8 Å². The third kappa shape index (κ3) is 6.39. The summed E-state index contributed by atoms with van der Waals surface area (Å²) in [6.45, 7) is 1.87. The number of benzene rings is 2. The summed E-state index contributed by atoms with van der Waals surface area (Å²) >= 11 is 0. The molecular formula is C24H23F9N2O6. The van der Waals surface area contributed by atoms with E-state index in [2.05, 4.69) is 9.47 Å². The zero-order valence-electron chi connectivity index (χ0n) is 21.3. The van der Waals surface area contributed by atoms with Crippen molar-refractivity contribution < 1.29 is 68.4 Å². The summed E-state index contributed by atoms with van der Waals surface area (Å²) in [6, 6.07) is 5.18. The van der Waals surface area contributed by atoms with Crippen LogP contribution < -0.4 is 20.1 Å². The van der Waals surface area contributed by atoms with Crippen LogP contribution >= 0.6 is 0 Å². The van der Waals surface area contributed by atoms with Gasteiger partial charge in [-0.1, -0.05) is 18.2 Å². The van der Waals surface area contributed by atoms with Crippen LogP contribution in [0.15, 0.2) is 42.5 Å². The quantitative estimate of drug-likeness (QED) is 0.197. The number of para-hydroxylation sites is 1. The van der Waals surface area contributed by atoms with Gasteiger partial charge in [-0.05, 0) is 38.1 Å². The third-order valence-electron chi connectivity index (χ3n) is 5.51. The number of nitrogens with one attached hydrogen (secondary N) is 2. The Morgan fingerprint density at radius 3 is 1.90 bits per heavy atom. The molecule has 0 fully saturated rings. The molecule has 8 nitrogen and oxygen atoms in total. The Morgan fingerprint density at radius 2 is 1.41 bits per heavy atom. The first-order valence-electron chi connectivity index (χ1n) is 11.4. The molecule has 0 spiro atoms. The highest BCUT2D eigenvalue weighted by atomic mass is 19.4. The van der Waals surface area contributed by atoms with Gasteiger partial charge < -0.3 is 30.0 Å². The van der Waals surface area contributed by atoms with Crippen molar-refractivity contribution >= 4 is 17.6 Å². The van der Waals surface area contributed by atoms with Gasteiger partial charge in [0, 0.05) is 5.56 Å². The van der Waals surface area contributed by atoms with Gasteiger partial charge in [0.15, 0.2) is 0 Å². The molecule has 0 heterocycles. The van der Waals surface area contributed by atoms with Gasteiger partial charge in [0.05, 0.1) is 31.6 Å². The first-order valence-corrected chi connectivity index (χ1v) is 11.4. The van der Waals surface area contributed by atoms with Crippen LogP contribution in [0.5, 0.6) is 11.5 Å². The average molecular weight is 606 g/mol. The minimum atomic E-state index is -6.32. The van der Waals surface area contributed by atoms with Gasteiger partial charge in [-0.15, -0.1) is 0 Å². The van der Waals surface area contributed by atoms with E-state index in [0.29, 0.717) is 7.11 Å². The molecule has 0 aliphatic carbocycles. The Kier molecular flexibility index (Phi) is 9.69. The Hall–Kier alpha value is -3.89. The second kappa shape index (κ2) is 11.9. The number of hydrogen-bond donors (Lipinski definition) is 3. The minimum Gasteiger partial charge on any atom is -0.495 e. The Labute approximate surface area is 226 Å². The Morgan fingerprint density at radius 1 is 0.829 bits per heavy atom. The van der Waals surface area contributed by atoms with Gasteiger partial charge in [-0.25, -0.2) is 4.79 Å². The van der Waals surface area contributed by atoms with Gasteiger partial charge >= 0.3 is 30.2 Å². The number of carbonyl (C=O) groups excluding carboxylic acids is 2. The molecule has 2 aromatic rings. The molecule has 2 rings (SSSR count). The van der Waals surface area contributed by atoms with E-state index >= 15 is 0 Å². The summed E-state index contributed by atoms with van der Waals surface area (Å²) in [5.41, 5.74) is -12.9. The number of rotatable bonds is 10. The van der Waals surface area contributed by atoms with Crippen molar-refractivity contribution in [2.45, 2.75) is 43.6 Å². The number of amides is 1. The van der Waals surface area contributed by atoms with E-state index in [1.807, 2.05) is 0 Å². The lowest BCUT2D eigenvalue weighted by atomic mass is 9.92. The van der Waals surface area contributed by atoms with Crippen molar-refractivity contribution in [1.29, 1.82) is 0 Å². The summed E-state index contributed by atoms with van der Waals surface area (Å²) in [7, 11) is 0.682. The number of carbonyl (C=O) groups is 2. The summed E-state index contributed by atoms with van der Waals surface area (Å²) < 4.78 is 140. The first kappa shape index (κ1) is 33.3. The number of alkyl halides is 9. The summed E-state index contributed by atoms with van der Waals surface area (Å²) in [6.07, 6.45) is -18.4. The van der Waals surface area contributed by atoms with Gasteiger partial charge in [0.1, 0.15) is 11.5 Å². The van der Waals surface area contributed by atoms with E-state index in [1.54, 1.807) is 0 Å². The smallest absolute Gasteiger partial charge is 0.439 e. The van der Waals surface area contributed by atoms with Crippen LogP contribution in [-0.2, 0) is 15.1 Å². The normalized spacial score (nSPS) is 14.1. The molecular weight excluding hydrogens is 583 g/mol. The fourth-order valence-corrected chi connectivity index (χ4v) is 3.50. The predicted octanol–water partition coefficient (Wildman–Crippen LogP) is 5.07. The van der Waals surface area contributed by atoms with Crippen LogP contribution in [0.2, 0.25) is 0 Å². The maximum absolute atomic E-state index is 14.2. The van der Waals surface area contributed by atoms with E-state index < -0.39 is 70.8 Å². The summed E-state index contributed by atoms with van der Waals surface area (Å²) in [5.74, 6) is -5.52. The van der Waals surface area contributed by atoms with Crippen molar-refractivity contribution in [3.05, 3.63) is 53.6 Å². The zero-order chi connectivity index (χ0) is 31.4. The Bertz CT molecular complexity index is 1230. The molecule has 0 saturated carbocycles. The molecule has 41 heavy (non-hydrogen) atoms. The van der Waals surface area contributed by atoms with Crippen LogP contribution in [0, 0.1) is 0 Å². The molecule has 228 valence electrons. The van der Waals surface area contributed by atoms with Crippen LogP contribution in [0.3, 0.4) is 0 Å². The summed E-state index contributed by atoms with van der Waals surface area (Å²) in [5, 5.41) is 12.2. The highest BCUT2D eigenvalue weighted by Gasteiger charge is 2.73. The molecule has 0 bridgehead atoms. The SMILES string of the molecule is CCOC(=O)C(O)(c1ccc(NC(NC(=O)c2ccccc2OCC)(C(F)(F)F)C(F)(F)F)c(OC)c1)C(F)(F)F. The fraction of sp³-hybridized carbons (Fsp3) is 0.417. The number of esters is 1. The number of ether oxygens (including phenoxy) is 3. The maximum Gasteiger partial charge on any atom is 0.439 e. The van der Waals surface area contributed by atoms with Crippen molar-refractivity contribution in [2.24, 2.45) is 0 Å². The largest absolute Gasteiger partial charge is 0.495 e. The standard InChI is InChI=1S/C24H23F9N2O6/c1-4-40-16-9-7-6-8-14(16)18(36)35-21(23(28,29)30,24(31,32)33)34-15-11-10-13(12-17(15)39-3)20(38,22(25,26)27)19(37)41-5-2/h6-12,34,38H,4-5H2,1-3H3,(H,35,36). The topological polar surface area (TPSA) is 106 Å². The van der Waals surface area contributed by atoms with E-state index in [4.69, 9.17) is 4.74 Å². The lowest BCUT2D eigenvalue weighted by molar-refractivity contribution is -0.294. The highest BCUT2D eigenvalue weighted by Crippen LogP contribution is 2.47. The van der Waals surface area contributed by atoms with E-state index in [1.165, 1.54) is 13.0 Å². The third-order valence-corrected chi connectivity index (χ3v) is 5.51. The van der Waals surface area contributed by atoms with Gasteiger partial charge in [0.2, 0.25) is 0 Å². The van der Waals surface area contributed by atoms with Crippen molar-refractivity contribution in [1.82, 2.24) is 5.32 Å². The van der Waals surface area contributed by atoms with Crippen molar-refractivity contribution in [3.8, 4) is 11.5 Å². The maximum atomic E-state index is 14.2.